The Labute approximate surface area is 426 Å². The number of fused-ring (bicyclic) bond motifs is 14. The van der Waals surface area contributed by atoms with Crippen LogP contribution in [0.4, 0.5) is 0 Å². The highest BCUT2D eigenvalue weighted by Crippen LogP contribution is 2.77. The van der Waals surface area contributed by atoms with Crippen LogP contribution in [0.3, 0.4) is 0 Å². The number of carbonyl (C=O) groups excluding carboxylic acids is 6. The molecule has 6 saturated carbocycles. The number of Topliss-reactive ketones (excluding diaryl/α,β-unsaturated/α-hetero) is 3. The molecular weight excluding hydrogens is 881 g/mol. The lowest BCUT2D eigenvalue weighted by atomic mass is 9.34. The first-order chi connectivity index (χ1) is 32.6. The molecule has 0 heterocycles. The molecular formula is C64H86O7. The van der Waals surface area contributed by atoms with Crippen molar-refractivity contribution < 1.29 is 33.5 Å². The van der Waals surface area contributed by atoms with E-state index in [-0.39, 0.29) is 96.9 Å². The summed E-state index contributed by atoms with van der Waals surface area (Å²) >= 11 is 0. The third-order valence-electron chi connectivity index (χ3n) is 25.1. The Morgan fingerprint density at radius 3 is 1.55 bits per heavy atom. The lowest BCUT2D eigenvalue weighted by Crippen LogP contribution is -2.66. The van der Waals surface area contributed by atoms with Gasteiger partial charge in [-0.2, -0.15) is 0 Å². The fourth-order valence-corrected chi connectivity index (χ4v) is 20.4. The minimum absolute atomic E-state index is 0.0228. The molecule has 0 bridgehead atoms. The number of esters is 1. The predicted octanol–water partition coefficient (Wildman–Crippen LogP) is 13.1. The Morgan fingerprint density at radius 2 is 1.00 bits per heavy atom. The molecule has 0 aromatic rings. The van der Waals surface area contributed by atoms with Gasteiger partial charge in [-0.25, -0.2) is 0 Å². The Balaban J connectivity index is 1.03. The molecule has 0 aromatic carbocycles. The van der Waals surface area contributed by atoms with Gasteiger partial charge in [0.25, 0.3) is 0 Å². The molecule has 10 aliphatic carbocycles. The van der Waals surface area contributed by atoms with Crippen LogP contribution >= 0.6 is 0 Å². The van der Waals surface area contributed by atoms with Crippen LogP contribution in [0.5, 0.6) is 0 Å². The van der Waals surface area contributed by atoms with E-state index in [2.05, 4.69) is 88.0 Å². The molecule has 0 spiro atoms. The average molecular weight is 967 g/mol. The van der Waals surface area contributed by atoms with Gasteiger partial charge in [0, 0.05) is 33.5 Å². The highest BCUT2D eigenvalue weighted by molar-refractivity contribution is 6.28. The molecule has 7 heteroatoms. The Bertz CT molecular complexity index is 2690. The number of rotatable bonds is 2. The van der Waals surface area contributed by atoms with Gasteiger partial charge in [0.15, 0.2) is 23.1 Å². The van der Waals surface area contributed by atoms with Crippen LogP contribution in [0, 0.1) is 112 Å². The van der Waals surface area contributed by atoms with E-state index >= 15 is 4.79 Å². The number of ketones is 5. The maximum atomic E-state index is 15.1. The molecule has 0 saturated heterocycles. The molecule has 0 aromatic heterocycles. The van der Waals surface area contributed by atoms with Crippen molar-refractivity contribution in [3.63, 3.8) is 0 Å². The molecule has 10 rings (SSSR count). The fraction of sp³-hybridized carbons (Fsp3) is 0.750. The number of carbonyl (C=O) groups is 6. The molecule has 71 heavy (non-hydrogen) atoms. The molecule has 0 radical (unpaired) electrons. The zero-order valence-corrected chi connectivity index (χ0v) is 46.5. The number of ether oxygens (including phenoxy) is 1. The van der Waals surface area contributed by atoms with Crippen molar-refractivity contribution in [3.8, 4) is 11.8 Å². The van der Waals surface area contributed by atoms with Gasteiger partial charge in [0.1, 0.15) is 0 Å². The van der Waals surface area contributed by atoms with Crippen LogP contribution in [0.25, 0.3) is 0 Å². The minimum Gasteiger partial charge on any atom is -0.469 e. The lowest BCUT2D eigenvalue weighted by Gasteiger charge is -2.69. The number of allylic oxidation sites excluding steroid dienone is 8. The first-order valence-electron chi connectivity index (χ1n) is 27.8. The first kappa shape index (κ1) is 50.9. The van der Waals surface area contributed by atoms with Gasteiger partial charge in [-0.15, -0.1) is 0 Å². The fourth-order valence-electron chi connectivity index (χ4n) is 20.4. The Hall–Kier alpha value is -3.66. The van der Waals surface area contributed by atoms with Gasteiger partial charge in [-0.05, 0) is 170 Å². The monoisotopic (exact) mass is 967 g/mol. The zero-order valence-electron chi connectivity index (χ0n) is 46.5. The zero-order chi connectivity index (χ0) is 52.1. The summed E-state index contributed by atoms with van der Waals surface area (Å²) in [6.45, 7) is 33.4. The van der Waals surface area contributed by atoms with Crippen LogP contribution in [0.1, 0.15) is 194 Å². The SMILES string of the molecule is COC(=O)C12CCC(C)(C)CC1C1C(=O)C=C3C4(C)C=C(C(=O)C#CC5=CC6(C)C7=CC(=O)C8C9CC(C)(C)CCC9(C)CCC8(C)C7(C)CCC6C(C)(C)C5=O)C(=O)C(C)(C)C4CCC3(C)C1(C)CC2. The molecule has 0 amide bonds. The van der Waals surface area contributed by atoms with Crippen LogP contribution in [-0.4, -0.2) is 42.0 Å². The van der Waals surface area contributed by atoms with Gasteiger partial charge in [-0.1, -0.05) is 133 Å². The molecule has 0 N–H and O–H groups in total. The largest absolute Gasteiger partial charge is 0.469 e. The van der Waals surface area contributed by atoms with Crippen LogP contribution in [0.15, 0.2) is 46.6 Å². The number of hydrogen-bond donors (Lipinski definition) is 0. The van der Waals surface area contributed by atoms with Gasteiger partial charge in [0.2, 0.25) is 5.78 Å². The summed E-state index contributed by atoms with van der Waals surface area (Å²) in [6.07, 6.45) is 20.3. The highest BCUT2D eigenvalue weighted by atomic mass is 16.5. The molecule has 10 aliphatic rings. The summed E-state index contributed by atoms with van der Waals surface area (Å²) in [6, 6.07) is 0. The topological polar surface area (TPSA) is 112 Å². The second-order valence-corrected chi connectivity index (χ2v) is 30.2. The third-order valence-corrected chi connectivity index (χ3v) is 25.1. The van der Waals surface area contributed by atoms with Crippen molar-refractivity contribution in [1.29, 1.82) is 0 Å². The van der Waals surface area contributed by atoms with E-state index in [1.807, 2.05) is 52.0 Å². The quantitative estimate of drug-likeness (QED) is 0.117. The van der Waals surface area contributed by atoms with E-state index in [1.54, 1.807) is 0 Å². The van der Waals surface area contributed by atoms with Crippen molar-refractivity contribution in [2.45, 2.75) is 194 Å². The number of hydrogen-bond acceptors (Lipinski definition) is 7. The Morgan fingerprint density at radius 1 is 0.549 bits per heavy atom. The molecule has 6 fully saturated rings. The summed E-state index contributed by atoms with van der Waals surface area (Å²) in [5.41, 5.74) is -2.60. The van der Waals surface area contributed by atoms with Gasteiger partial charge >= 0.3 is 5.97 Å². The predicted molar refractivity (Wildman–Crippen MR) is 277 cm³/mol. The lowest BCUT2D eigenvalue weighted by molar-refractivity contribution is -0.191. The smallest absolute Gasteiger partial charge is 0.312 e. The van der Waals surface area contributed by atoms with Crippen molar-refractivity contribution in [3.05, 3.63) is 46.6 Å². The summed E-state index contributed by atoms with van der Waals surface area (Å²) in [5, 5.41) is 0. The van der Waals surface area contributed by atoms with Crippen LogP contribution in [0.2, 0.25) is 0 Å². The highest BCUT2D eigenvalue weighted by Gasteiger charge is 2.73. The van der Waals surface area contributed by atoms with Gasteiger partial charge in [0.05, 0.1) is 23.7 Å². The van der Waals surface area contributed by atoms with Gasteiger partial charge < -0.3 is 4.74 Å². The van der Waals surface area contributed by atoms with Crippen molar-refractivity contribution in [1.82, 2.24) is 0 Å². The second-order valence-electron chi connectivity index (χ2n) is 30.2. The summed E-state index contributed by atoms with van der Waals surface area (Å²) < 4.78 is 5.54. The van der Waals surface area contributed by atoms with Gasteiger partial charge in [-0.3, -0.25) is 28.8 Å². The van der Waals surface area contributed by atoms with E-state index in [4.69, 9.17) is 4.74 Å². The third kappa shape index (κ3) is 6.39. The molecule has 0 aliphatic heterocycles. The maximum absolute atomic E-state index is 15.1. The van der Waals surface area contributed by atoms with E-state index in [9.17, 15) is 24.0 Å². The van der Waals surface area contributed by atoms with Crippen LogP contribution in [-0.2, 0) is 33.5 Å². The minimum atomic E-state index is -0.938. The van der Waals surface area contributed by atoms with Crippen molar-refractivity contribution in [2.24, 2.45) is 100 Å². The normalized spacial score (nSPS) is 47.4. The maximum Gasteiger partial charge on any atom is 0.312 e. The van der Waals surface area contributed by atoms with Crippen molar-refractivity contribution >= 4 is 34.9 Å². The summed E-state index contributed by atoms with van der Waals surface area (Å²) in [7, 11) is 1.48. The molecule has 14 atom stereocenters. The molecule has 384 valence electrons. The average Bonchev–Trinajstić information content (AvgIpc) is 3.27. The van der Waals surface area contributed by atoms with E-state index in [0.29, 0.717) is 25.2 Å². The second kappa shape index (κ2) is 15.0. The number of methoxy groups -OCH3 is 1. The first-order valence-corrected chi connectivity index (χ1v) is 27.8. The Kier molecular flexibility index (Phi) is 10.8. The van der Waals surface area contributed by atoms with E-state index < -0.39 is 43.7 Å². The van der Waals surface area contributed by atoms with Crippen molar-refractivity contribution in [2.75, 3.05) is 7.11 Å². The summed E-state index contributed by atoms with van der Waals surface area (Å²) in [5.74, 6) is 4.68. The standard InChI is InChI=1S/C64H86O7/c1-53(2)23-25-57(9)26-27-62(14)48(39(57)35-53)42(66)31-46-58(10)33-37(50(68)55(5,6)44(58)19-21-60(46,62)12)17-18-41(65)38-34-59(11)45(56(7,8)51(38)69)20-22-61(13)47(59)32-43(67)49-40-36-54(3,4)24-29-64(40,52(70)71-16)30-28-63(49,61)15/h31-34,39-40,44-45,48-49H,19-30,35-36H2,1-16H3. The summed E-state index contributed by atoms with van der Waals surface area (Å²) in [4.78, 5) is 88.3. The molecule has 7 nitrogen and oxygen atoms in total. The van der Waals surface area contributed by atoms with Crippen LogP contribution < -0.4 is 0 Å². The molecule has 14 unspecified atom stereocenters. The van der Waals surface area contributed by atoms with E-state index in [0.717, 1.165) is 75.4 Å². The van der Waals surface area contributed by atoms with E-state index in [1.165, 1.54) is 13.5 Å².